The molecular weight excluding hydrogens is 362 g/mol. The average molecular weight is 383 g/mol. The van der Waals surface area contributed by atoms with Crippen LogP contribution in [0, 0.1) is 0 Å². The van der Waals surface area contributed by atoms with Crippen molar-refractivity contribution in [2.45, 2.75) is 18.9 Å². The summed E-state index contributed by atoms with van der Waals surface area (Å²) in [5.41, 5.74) is 1.93. The lowest BCUT2D eigenvalue weighted by Crippen LogP contribution is -2.43. The molecule has 2 aromatic rings. The molecule has 3 amide bonds. The second kappa shape index (κ2) is 7.62. The lowest BCUT2D eigenvalue weighted by atomic mass is 10.1. The summed E-state index contributed by atoms with van der Waals surface area (Å²) in [5.74, 6) is -1.12. The first-order chi connectivity index (χ1) is 13.1. The predicted octanol–water partition coefficient (Wildman–Crippen LogP) is 2.30. The van der Waals surface area contributed by atoms with Crippen molar-refractivity contribution in [3.8, 4) is 0 Å². The molecule has 1 aromatic carbocycles. The molecule has 1 aromatic heterocycles. The molecule has 0 bridgehead atoms. The molecule has 1 unspecified atom stereocenters. The van der Waals surface area contributed by atoms with Crippen molar-refractivity contribution in [1.29, 1.82) is 0 Å². The van der Waals surface area contributed by atoms with E-state index in [0.29, 0.717) is 17.7 Å². The highest BCUT2D eigenvalue weighted by Crippen LogP contribution is 2.26. The summed E-state index contributed by atoms with van der Waals surface area (Å²) in [5, 5.41) is 7.07. The molecule has 4 rings (SSSR count). The van der Waals surface area contributed by atoms with Gasteiger partial charge in [0, 0.05) is 6.54 Å². The quantitative estimate of drug-likeness (QED) is 0.777. The van der Waals surface area contributed by atoms with E-state index in [1.807, 2.05) is 5.38 Å². The number of rotatable bonds is 6. The number of benzene rings is 1. The van der Waals surface area contributed by atoms with Gasteiger partial charge in [0.1, 0.15) is 6.54 Å². The normalized spacial score (nSPS) is 18.0. The Hall–Kier alpha value is -2.51. The number of hydrogen-bond acceptors (Lipinski definition) is 5. The average Bonchev–Trinajstić information content (AvgIpc) is 3.43. The van der Waals surface area contributed by atoms with E-state index in [-0.39, 0.29) is 18.5 Å². The Morgan fingerprint density at radius 2 is 1.74 bits per heavy atom. The molecule has 27 heavy (non-hydrogen) atoms. The number of thiophene rings is 1. The third kappa shape index (κ3) is 3.52. The minimum atomic E-state index is -0.403. The first kappa shape index (κ1) is 17.9. The minimum Gasteiger partial charge on any atom is -0.353 e. The lowest BCUT2D eigenvalue weighted by molar-refractivity contribution is -0.121. The van der Waals surface area contributed by atoms with Crippen LogP contribution in [0.3, 0.4) is 0 Å². The summed E-state index contributed by atoms with van der Waals surface area (Å²) in [6, 6.07) is 8.89. The maximum atomic E-state index is 12.5. The summed E-state index contributed by atoms with van der Waals surface area (Å²) in [6.45, 7) is 2.27. The van der Waals surface area contributed by atoms with Crippen molar-refractivity contribution in [3.05, 3.63) is 57.8 Å². The maximum Gasteiger partial charge on any atom is 0.262 e. The molecule has 1 saturated heterocycles. The number of likely N-dealkylation sites (tertiary alicyclic amines) is 1. The Labute approximate surface area is 161 Å². The van der Waals surface area contributed by atoms with E-state index in [1.165, 1.54) is 18.4 Å². The van der Waals surface area contributed by atoms with Crippen LogP contribution in [-0.2, 0) is 4.79 Å². The zero-order chi connectivity index (χ0) is 18.8. The third-order valence-corrected chi connectivity index (χ3v) is 5.88. The topological polar surface area (TPSA) is 69.7 Å². The Morgan fingerprint density at radius 1 is 1.07 bits per heavy atom. The number of carbonyl (C=O) groups is 3. The van der Waals surface area contributed by atoms with E-state index >= 15 is 0 Å². The molecule has 1 fully saturated rings. The van der Waals surface area contributed by atoms with Gasteiger partial charge in [-0.25, -0.2) is 0 Å². The predicted molar refractivity (Wildman–Crippen MR) is 103 cm³/mol. The smallest absolute Gasteiger partial charge is 0.262 e. The summed E-state index contributed by atoms with van der Waals surface area (Å²) < 4.78 is 0. The van der Waals surface area contributed by atoms with Gasteiger partial charge in [-0.3, -0.25) is 24.2 Å². The van der Waals surface area contributed by atoms with E-state index in [4.69, 9.17) is 0 Å². The second-order valence-corrected chi connectivity index (χ2v) is 7.64. The number of imide groups is 1. The summed E-state index contributed by atoms with van der Waals surface area (Å²) in [4.78, 5) is 40.6. The fourth-order valence-corrected chi connectivity index (χ4v) is 4.48. The fraction of sp³-hybridized carbons (Fsp3) is 0.350. The van der Waals surface area contributed by atoms with Crippen LogP contribution in [0.5, 0.6) is 0 Å². The number of nitrogens with one attached hydrogen (secondary N) is 1. The van der Waals surface area contributed by atoms with Crippen LogP contribution in [0.1, 0.15) is 45.2 Å². The molecule has 0 aliphatic carbocycles. The Kier molecular flexibility index (Phi) is 5.05. The fourth-order valence-electron chi connectivity index (χ4n) is 3.77. The molecule has 2 aliphatic rings. The number of nitrogens with zero attached hydrogens (tertiary/aromatic N) is 2. The van der Waals surface area contributed by atoms with Gasteiger partial charge in [0.2, 0.25) is 5.91 Å². The van der Waals surface area contributed by atoms with Gasteiger partial charge in [0.25, 0.3) is 11.8 Å². The van der Waals surface area contributed by atoms with Crippen molar-refractivity contribution >= 4 is 29.1 Å². The summed E-state index contributed by atoms with van der Waals surface area (Å²) in [7, 11) is 0. The SMILES string of the molecule is O=C(CN1C(=O)c2ccccc2C1=O)NCC(c1ccsc1)N1CCCC1. The zero-order valence-corrected chi connectivity index (χ0v) is 15.7. The molecule has 0 spiro atoms. The van der Waals surface area contributed by atoms with E-state index < -0.39 is 11.8 Å². The molecule has 140 valence electrons. The number of hydrogen-bond donors (Lipinski definition) is 1. The molecule has 7 heteroatoms. The Bertz CT molecular complexity index is 824. The molecule has 3 heterocycles. The first-order valence-corrected chi connectivity index (χ1v) is 10.1. The van der Waals surface area contributed by atoms with Crippen LogP contribution in [0.4, 0.5) is 0 Å². The highest BCUT2D eigenvalue weighted by Gasteiger charge is 2.36. The van der Waals surface area contributed by atoms with Crippen molar-refractivity contribution in [3.63, 3.8) is 0 Å². The van der Waals surface area contributed by atoms with E-state index in [2.05, 4.69) is 21.7 Å². The molecule has 6 nitrogen and oxygen atoms in total. The monoisotopic (exact) mass is 383 g/mol. The van der Waals surface area contributed by atoms with Crippen molar-refractivity contribution in [2.75, 3.05) is 26.2 Å². The minimum absolute atomic E-state index is 0.130. The highest BCUT2D eigenvalue weighted by atomic mass is 32.1. The van der Waals surface area contributed by atoms with Crippen molar-refractivity contribution in [1.82, 2.24) is 15.1 Å². The molecule has 0 saturated carbocycles. The van der Waals surface area contributed by atoms with Gasteiger partial charge in [0.05, 0.1) is 17.2 Å². The largest absolute Gasteiger partial charge is 0.353 e. The van der Waals surface area contributed by atoms with Crippen LogP contribution in [0.25, 0.3) is 0 Å². The first-order valence-electron chi connectivity index (χ1n) is 9.13. The van der Waals surface area contributed by atoms with Crippen molar-refractivity contribution < 1.29 is 14.4 Å². The summed E-state index contributed by atoms with van der Waals surface area (Å²) in [6.07, 6.45) is 2.34. The van der Waals surface area contributed by atoms with Gasteiger partial charge in [-0.2, -0.15) is 11.3 Å². The number of amides is 3. The van der Waals surface area contributed by atoms with Gasteiger partial charge >= 0.3 is 0 Å². The third-order valence-electron chi connectivity index (χ3n) is 5.18. The maximum absolute atomic E-state index is 12.5. The standard InChI is InChI=1S/C20H21N3O3S/c24-18(12-23-19(25)15-5-1-2-6-16(15)20(23)26)21-11-17(14-7-10-27-13-14)22-8-3-4-9-22/h1-2,5-7,10,13,17H,3-4,8-9,11-12H2,(H,21,24). The van der Waals surface area contributed by atoms with Gasteiger partial charge in [0.15, 0.2) is 0 Å². The van der Waals surface area contributed by atoms with Crippen LogP contribution in [0.2, 0.25) is 0 Å². The van der Waals surface area contributed by atoms with Crippen molar-refractivity contribution in [2.24, 2.45) is 0 Å². The molecule has 0 radical (unpaired) electrons. The second-order valence-electron chi connectivity index (χ2n) is 6.86. The highest BCUT2D eigenvalue weighted by molar-refractivity contribution is 7.08. The Balaban J connectivity index is 1.39. The number of fused-ring (bicyclic) bond motifs is 1. The van der Waals surface area contributed by atoms with E-state index in [0.717, 1.165) is 18.0 Å². The summed E-state index contributed by atoms with van der Waals surface area (Å²) >= 11 is 1.64. The van der Waals surface area contributed by atoms with E-state index in [9.17, 15) is 14.4 Å². The Morgan fingerprint density at radius 3 is 2.33 bits per heavy atom. The van der Waals surface area contributed by atoms with Gasteiger partial charge in [-0.1, -0.05) is 12.1 Å². The van der Waals surface area contributed by atoms with Crippen LogP contribution < -0.4 is 5.32 Å². The van der Waals surface area contributed by atoms with E-state index in [1.54, 1.807) is 35.6 Å². The van der Waals surface area contributed by atoms with Crippen LogP contribution >= 0.6 is 11.3 Å². The van der Waals surface area contributed by atoms with Crippen LogP contribution in [-0.4, -0.2) is 53.7 Å². The van der Waals surface area contributed by atoms with Gasteiger partial charge < -0.3 is 5.32 Å². The number of carbonyl (C=O) groups excluding carboxylic acids is 3. The zero-order valence-electron chi connectivity index (χ0n) is 14.9. The molecule has 1 N–H and O–H groups in total. The molecular formula is C20H21N3O3S. The molecule has 2 aliphatic heterocycles. The molecule has 1 atom stereocenters. The van der Waals surface area contributed by atoms with Gasteiger partial charge in [-0.05, 0) is 60.5 Å². The lowest BCUT2D eigenvalue weighted by Gasteiger charge is -2.27. The van der Waals surface area contributed by atoms with Crippen LogP contribution in [0.15, 0.2) is 41.1 Å². The van der Waals surface area contributed by atoms with Gasteiger partial charge in [-0.15, -0.1) is 0 Å².